The van der Waals surface area contributed by atoms with Crippen LogP contribution >= 0.6 is 11.3 Å². The number of nitrogens with zero attached hydrogens (tertiary/aromatic N) is 3. The lowest BCUT2D eigenvalue weighted by Crippen LogP contribution is -2.14. The number of hydrogen-bond donors (Lipinski definition) is 2. The van der Waals surface area contributed by atoms with E-state index in [1.807, 2.05) is 45.0 Å². The molecule has 1 aliphatic carbocycles. The van der Waals surface area contributed by atoms with Crippen LogP contribution in [0.15, 0.2) is 28.8 Å². The van der Waals surface area contributed by atoms with Crippen LogP contribution < -0.4 is 5.32 Å². The lowest BCUT2D eigenvalue weighted by molar-refractivity contribution is -0.116. The average molecular weight is 450 g/mol. The second-order valence-electron chi connectivity index (χ2n) is 9.33. The highest BCUT2D eigenvalue weighted by molar-refractivity contribution is 7.17. The largest absolute Gasteiger partial charge is 0.339 e. The summed E-state index contributed by atoms with van der Waals surface area (Å²) in [5.74, 6) is 1.92. The van der Waals surface area contributed by atoms with Crippen molar-refractivity contribution in [2.75, 3.05) is 5.32 Å². The first-order valence-electron chi connectivity index (χ1n) is 11.1. The number of H-pyrrole nitrogens is 1. The van der Waals surface area contributed by atoms with E-state index in [4.69, 9.17) is 9.51 Å². The van der Waals surface area contributed by atoms with Gasteiger partial charge in [-0.2, -0.15) is 4.98 Å². The number of para-hydroxylation sites is 2. The van der Waals surface area contributed by atoms with E-state index < -0.39 is 0 Å². The van der Waals surface area contributed by atoms with Crippen LogP contribution in [0.25, 0.3) is 22.4 Å². The van der Waals surface area contributed by atoms with Crippen LogP contribution in [-0.2, 0) is 29.5 Å². The van der Waals surface area contributed by atoms with Gasteiger partial charge in [0.05, 0.1) is 16.6 Å². The molecule has 0 radical (unpaired) electrons. The maximum atomic E-state index is 12.8. The number of benzene rings is 1. The van der Waals surface area contributed by atoms with Gasteiger partial charge in [-0.3, -0.25) is 4.79 Å². The predicted octanol–water partition coefficient (Wildman–Crippen LogP) is 5.42. The highest BCUT2D eigenvalue weighted by Crippen LogP contribution is 2.43. The van der Waals surface area contributed by atoms with Crippen LogP contribution in [0.1, 0.15) is 62.2 Å². The van der Waals surface area contributed by atoms with Crippen LogP contribution in [0.4, 0.5) is 5.00 Å². The van der Waals surface area contributed by atoms with Crippen molar-refractivity contribution in [2.24, 2.45) is 0 Å². The standard InChI is InChI=1S/C24H27N5O2S/c1-24(2,3)23-28-19(31-29-23)13-12-18(30)27-22-20(14-8-4-7-11-17(14)32-22)21-25-15-9-5-6-10-16(15)26-21/h5-6,9-10H,4,7-8,11-13H2,1-3H3,(H,25,26)(H,27,30). The van der Waals surface area contributed by atoms with E-state index >= 15 is 0 Å². The third-order valence-electron chi connectivity index (χ3n) is 5.76. The Morgan fingerprint density at radius 3 is 2.78 bits per heavy atom. The molecule has 7 nitrogen and oxygen atoms in total. The van der Waals surface area contributed by atoms with Crippen molar-refractivity contribution in [3.63, 3.8) is 0 Å². The Bertz CT molecular complexity index is 1240. The Kier molecular flexibility index (Phi) is 5.33. The number of aromatic nitrogens is 4. The van der Waals surface area contributed by atoms with Crippen molar-refractivity contribution in [3.05, 3.63) is 46.4 Å². The third-order valence-corrected chi connectivity index (χ3v) is 6.96. The molecule has 0 saturated carbocycles. The maximum absolute atomic E-state index is 12.8. The minimum Gasteiger partial charge on any atom is -0.339 e. The fourth-order valence-electron chi connectivity index (χ4n) is 4.05. The highest BCUT2D eigenvalue weighted by atomic mass is 32.1. The van der Waals surface area contributed by atoms with E-state index in [9.17, 15) is 4.79 Å². The SMILES string of the molecule is CC(C)(C)c1noc(CCC(=O)Nc2sc3c(c2-c2nc4ccccc4[nH]2)CCCC3)n1. The number of aromatic amines is 1. The Labute approximate surface area is 190 Å². The van der Waals surface area contributed by atoms with Gasteiger partial charge in [0, 0.05) is 23.1 Å². The molecule has 0 bridgehead atoms. The molecule has 1 amide bonds. The van der Waals surface area contributed by atoms with Crippen LogP contribution in [0.3, 0.4) is 0 Å². The van der Waals surface area contributed by atoms with E-state index in [1.165, 1.54) is 16.9 Å². The number of hydrogen-bond acceptors (Lipinski definition) is 6. The van der Waals surface area contributed by atoms with Gasteiger partial charge in [-0.05, 0) is 43.4 Å². The van der Waals surface area contributed by atoms with E-state index in [0.717, 1.165) is 46.7 Å². The number of thiophene rings is 1. The third kappa shape index (κ3) is 4.07. The molecule has 3 aromatic heterocycles. The molecule has 8 heteroatoms. The van der Waals surface area contributed by atoms with E-state index in [-0.39, 0.29) is 17.7 Å². The molecule has 1 aliphatic rings. The van der Waals surface area contributed by atoms with Gasteiger partial charge in [-0.25, -0.2) is 4.98 Å². The number of imidazole rings is 1. The predicted molar refractivity (Wildman–Crippen MR) is 126 cm³/mol. The molecule has 0 atom stereocenters. The second kappa shape index (κ2) is 8.16. The molecule has 1 aromatic carbocycles. The molecule has 5 rings (SSSR count). The van der Waals surface area contributed by atoms with Gasteiger partial charge in [0.25, 0.3) is 0 Å². The summed E-state index contributed by atoms with van der Waals surface area (Å²) in [6.45, 7) is 6.10. The van der Waals surface area contributed by atoms with Crippen LogP contribution in [0.2, 0.25) is 0 Å². The number of carbonyl (C=O) groups excluding carboxylic acids is 1. The minimum absolute atomic E-state index is 0.0588. The Balaban J connectivity index is 1.38. The second-order valence-corrected chi connectivity index (χ2v) is 10.4. The Morgan fingerprint density at radius 1 is 1.19 bits per heavy atom. The molecule has 0 aliphatic heterocycles. The Morgan fingerprint density at radius 2 is 2.00 bits per heavy atom. The summed E-state index contributed by atoms with van der Waals surface area (Å²) in [7, 11) is 0. The normalized spacial score (nSPS) is 14.0. The maximum Gasteiger partial charge on any atom is 0.227 e. The molecule has 32 heavy (non-hydrogen) atoms. The lowest BCUT2D eigenvalue weighted by Gasteiger charge is -2.12. The number of rotatable bonds is 5. The number of amides is 1. The molecule has 0 fully saturated rings. The average Bonchev–Trinajstić information content (AvgIpc) is 3.47. The van der Waals surface area contributed by atoms with Gasteiger partial charge >= 0.3 is 0 Å². The van der Waals surface area contributed by atoms with Gasteiger partial charge in [0.2, 0.25) is 11.8 Å². The Hall–Kier alpha value is -3.00. The number of carbonyl (C=O) groups is 1. The first kappa shape index (κ1) is 20.9. The summed E-state index contributed by atoms with van der Waals surface area (Å²) in [6.07, 6.45) is 5.13. The summed E-state index contributed by atoms with van der Waals surface area (Å²) >= 11 is 1.68. The number of fused-ring (bicyclic) bond motifs is 2. The summed E-state index contributed by atoms with van der Waals surface area (Å²) in [5, 5.41) is 8.06. The molecule has 166 valence electrons. The first-order chi connectivity index (χ1) is 15.4. The van der Waals surface area contributed by atoms with Gasteiger partial charge in [0.1, 0.15) is 10.8 Å². The van der Waals surface area contributed by atoms with Crippen molar-refractivity contribution < 1.29 is 9.32 Å². The number of anilines is 1. The van der Waals surface area contributed by atoms with E-state index in [1.54, 1.807) is 11.3 Å². The zero-order valence-electron chi connectivity index (χ0n) is 18.6. The molecule has 0 saturated heterocycles. The molecule has 0 unspecified atom stereocenters. The van der Waals surface area contributed by atoms with Crippen molar-refractivity contribution in [1.29, 1.82) is 0 Å². The van der Waals surface area contributed by atoms with E-state index in [0.29, 0.717) is 18.1 Å². The molecule has 4 aromatic rings. The summed E-state index contributed by atoms with van der Waals surface area (Å²) in [5.41, 5.74) is 4.12. The zero-order valence-corrected chi connectivity index (χ0v) is 19.4. The van der Waals surface area contributed by atoms with Crippen molar-refractivity contribution in [2.45, 2.75) is 64.7 Å². The summed E-state index contributed by atoms with van der Waals surface area (Å²) < 4.78 is 5.33. The topological polar surface area (TPSA) is 96.7 Å². The smallest absolute Gasteiger partial charge is 0.227 e. The number of aryl methyl sites for hydroxylation is 2. The van der Waals surface area contributed by atoms with Crippen molar-refractivity contribution in [1.82, 2.24) is 20.1 Å². The lowest BCUT2D eigenvalue weighted by atomic mass is 9.95. The van der Waals surface area contributed by atoms with Gasteiger partial charge < -0.3 is 14.8 Å². The van der Waals surface area contributed by atoms with Crippen LogP contribution in [0.5, 0.6) is 0 Å². The van der Waals surface area contributed by atoms with Gasteiger partial charge in [-0.1, -0.05) is 38.1 Å². The summed E-state index contributed by atoms with van der Waals surface area (Å²) in [6, 6.07) is 8.02. The summed E-state index contributed by atoms with van der Waals surface area (Å²) in [4.78, 5) is 26.9. The quantitative estimate of drug-likeness (QED) is 0.424. The van der Waals surface area contributed by atoms with Crippen molar-refractivity contribution >= 4 is 33.3 Å². The molecule has 0 spiro atoms. The van der Waals surface area contributed by atoms with Gasteiger partial charge in [-0.15, -0.1) is 11.3 Å². The van der Waals surface area contributed by atoms with Crippen molar-refractivity contribution in [3.8, 4) is 11.4 Å². The molecular weight excluding hydrogens is 422 g/mol. The number of nitrogens with one attached hydrogen (secondary N) is 2. The zero-order chi connectivity index (χ0) is 22.3. The molecule has 2 N–H and O–H groups in total. The minimum atomic E-state index is -0.179. The monoisotopic (exact) mass is 449 g/mol. The highest BCUT2D eigenvalue weighted by Gasteiger charge is 2.25. The van der Waals surface area contributed by atoms with Crippen LogP contribution in [0, 0.1) is 0 Å². The molecular formula is C24H27N5O2S. The van der Waals surface area contributed by atoms with Crippen LogP contribution in [-0.4, -0.2) is 26.0 Å². The first-order valence-corrected chi connectivity index (χ1v) is 11.9. The van der Waals surface area contributed by atoms with Gasteiger partial charge in [0.15, 0.2) is 5.82 Å². The fourth-order valence-corrected chi connectivity index (χ4v) is 5.35. The fraction of sp³-hybridized carbons (Fsp3) is 0.417. The molecule has 3 heterocycles. The van der Waals surface area contributed by atoms with E-state index in [2.05, 4.69) is 20.4 Å².